The van der Waals surface area contributed by atoms with Crippen molar-refractivity contribution in [3.63, 3.8) is 0 Å². The molecule has 1 aliphatic rings. The molecule has 0 saturated carbocycles. The molecule has 1 aliphatic heterocycles. The number of benzene rings is 3. The highest BCUT2D eigenvalue weighted by molar-refractivity contribution is 6.05. The summed E-state index contributed by atoms with van der Waals surface area (Å²) in [4.78, 5) is 17.4. The SMILES string of the molecule is CNC(=O)c1cccc2c1nc(-c1cc(C)c(C)c(OCc3ccccc3)c1F)n2C1(C)COC1. The second-order valence-corrected chi connectivity index (χ2v) is 9.30. The Bertz CT molecular complexity index is 1420. The number of halogens is 1. The molecule has 6 nitrogen and oxygen atoms in total. The number of carbonyl (C=O) groups excluding carboxylic acids is 1. The van der Waals surface area contributed by atoms with E-state index in [1.54, 1.807) is 19.2 Å². The lowest BCUT2D eigenvalue weighted by atomic mass is 9.97. The third kappa shape index (κ3) is 3.86. The summed E-state index contributed by atoms with van der Waals surface area (Å²) in [6.45, 7) is 7.05. The average molecular weight is 474 g/mol. The third-order valence-corrected chi connectivity index (χ3v) is 6.72. The molecule has 0 aliphatic carbocycles. The van der Waals surface area contributed by atoms with Crippen molar-refractivity contribution in [3.8, 4) is 17.1 Å². The van der Waals surface area contributed by atoms with E-state index in [0.717, 1.165) is 22.2 Å². The Kier molecular flexibility index (Phi) is 5.81. The Morgan fingerprint density at radius 3 is 2.57 bits per heavy atom. The molecule has 1 N–H and O–H groups in total. The molecule has 4 aromatic rings. The summed E-state index contributed by atoms with van der Waals surface area (Å²) in [6.07, 6.45) is 0. The van der Waals surface area contributed by atoms with Crippen LogP contribution in [0.4, 0.5) is 4.39 Å². The highest BCUT2D eigenvalue weighted by atomic mass is 19.1. The number of amides is 1. The smallest absolute Gasteiger partial charge is 0.253 e. The van der Waals surface area contributed by atoms with Gasteiger partial charge in [-0.15, -0.1) is 0 Å². The van der Waals surface area contributed by atoms with Crippen LogP contribution in [-0.2, 0) is 16.9 Å². The van der Waals surface area contributed by atoms with Crippen molar-refractivity contribution in [3.05, 3.63) is 82.7 Å². The van der Waals surface area contributed by atoms with Crippen LogP contribution in [0, 0.1) is 19.7 Å². The van der Waals surface area contributed by atoms with Crippen LogP contribution in [0.2, 0.25) is 0 Å². The lowest BCUT2D eigenvalue weighted by Gasteiger charge is -2.41. The Balaban J connectivity index is 1.70. The number of fused-ring (bicyclic) bond motifs is 1. The molecule has 0 atom stereocenters. The van der Waals surface area contributed by atoms with E-state index in [4.69, 9.17) is 14.5 Å². The van der Waals surface area contributed by atoms with Gasteiger partial charge in [-0.1, -0.05) is 36.4 Å². The zero-order chi connectivity index (χ0) is 24.7. The maximum Gasteiger partial charge on any atom is 0.253 e. The van der Waals surface area contributed by atoms with Crippen LogP contribution in [0.3, 0.4) is 0 Å². The fraction of sp³-hybridized carbons (Fsp3) is 0.286. The van der Waals surface area contributed by atoms with Gasteiger partial charge in [-0.05, 0) is 55.7 Å². The molecule has 7 heteroatoms. The van der Waals surface area contributed by atoms with Crippen molar-refractivity contribution < 1.29 is 18.7 Å². The van der Waals surface area contributed by atoms with Gasteiger partial charge in [0.15, 0.2) is 11.6 Å². The van der Waals surface area contributed by atoms with Gasteiger partial charge in [-0.3, -0.25) is 4.79 Å². The molecule has 1 fully saturated rings. The first-order valence-corrected chi connectivity index (χ1v) is 11.6. The minimum Gasteiger partial charge on any atom is -0.486 e. The van der Waals surface area contributed by atoms with Crippen LogP contribution in [-0.4, -0.2) is 35.7 Å². The molecule has 1 amide bonds. The Morgan fingerprint density at radius 2 is 1.91 bits per heavy atom. The van der Waals surface area contributed by atoms with Gasteiger partial charge in [0.2, 0.25) is 0 Å². The number of hydrogen-bond donors (Lipinski definition) is 1. The molecule has 0 unspecified atom stereocenters. The maximum absolute atomic E-state index is 16.2. The van der Waals surface area contributed by atoms with E-state index >= 15 is 4.39 Å². The van der Waals surface area contributed by atoms with E-state index in [1.807, 2.05) is 60.9 Å². The van der Waals surface area contributed by atoms with E-state index < -0.39 is 11.4 Å². The number of hydrogen-bond acceptors (Lipinski definition) is 4. The number of aromatic nitrogens is 2. The van der Waals surface area contributed by atoms with Gasteiger partial charge >= 0.3 is 0 Å². The maximum atomic E-state index is 16.2. The second kappa shape index (κ2) is 8.82. The Morgan fingerprint density at radius 1 is 1.17 bits per heavy atom. The molecule has 5 rings (SSSR count). The number of carbonyl (C=O) groups is 1. The first-order chi connectivity index (χ1) is 16.8. The molecular formula is C28H28FN3O3. The number of ether oxygens (including phenoxy) is 2. The van der Waals surface area contributed by atoms with E-state index in [-0.39, 0.29) is 18.3 Å². The normalized spacial score (nSPS) is 14.5. The molecule has 0 radical (unpaired) electrons. The molecule has 35 heavy (non-hydrogen) atoms. The molecule has 180 valence electrons. The lowest BCUT2D eigenvalue weighted by Crippen LogP contribution is -2.49. The van der Waals surface area contributed by atoms with Crippen LogP contribution < -0.4 is 10.1 Å². The third-order valence-electron chi connectivity index (χ3n) is 6.72. The monoisotopic (exact) mass is 473 g/mol. The molecule has 0 bridgehead atoms. The summed E-state index contributed by atoms with van der Waals surface area (Å²) in [5.74, 6) is -0.0449. The highest BCUT2D eigenvalue weighted by Gasteiger charge is 2.40. The number of nitrogens with zero attached hydrogens (tertiary/aromatic N) is 2. The van der Waals surface area contributed by atoms with Gasteiger partial charge in [0.1, 0.15) is 17.9 Å². The van der Waals surface area contributed by atoms with Gasteiger partial charge in [0.25, 0.3) is 5.91 Å². The topological polar surface area (TPSA) is 65.4 Å². The lowest BCUT2D eigenvalue weighted by molar-refractivity contribution is -0.0868. The van der Waals surface area contributed by atoms with Crippen molar-refractivity contribution in [2.45, 2.75) is 32.9 Å². The van der Waals surface area contributed by atoms with Crippen LogP contribution in [0.1, 0.15) is 34.0 Å². The number of para-hydroxylation sites is 1. The minimum atomic E-state index is -0.467. The van der Waals surface area contributed by atoms with Gasteiger partial charge in [-0.2, -0.15) is 0 Å². The van der Waals surface area contributed by atoms with Crippen molar-refractivity contribution in [2.24, 2.45) is 0 Å². The van der Waals surface area contributed by atoms with Crippen LogP contribution >= 0.6 is 0 Å². The fourth-order valence-corrected chi connectivity index (χ4v) is 4.59. The second-order valence-electron chi connectivity index (χ2n) is 9.30. The fourth-order valence-electron chi connectivity index (χ4n) is 4.59. The molecular weight excluding hydrogens is 445 g/mol. The first kappa shape index (κ1) is 23.1. The summed E-state index contributed by atoms with van der Waals surface area (Å²) in [7, 11) is 1.58. The zero-order valence-corrected chi connectivity index (χ0v) is 20.3. The van der Waals surface area contributed by atoms with E-state index in [0.29, 0.717) is 35.7 Å². The summed E-state index contributed by atoms with van der Waals surface area (Å²) in [6, 6.07) is 16.9. The molecule has 0 spiro atoms. The zero-order valence-electron chi connectivity index (χ0n) is 20.3. The average Bonchev–Trinajstić information content (AvgIpc) is 3.24. The number of aryl methyl sites for hydroxylation is 1. The first-order valence-electron chi connectivity index (χ1n) is 11.6. The largest absolute Gasteiger partial charge is 0.486 e. The van der Waals surface area contributed by atoms with Crippen LogP contribution in [0.25, 0.3) is 22.4 Å². The minimum absolute atomic E-state index is 0.212. The van der Waals surface area contributed by atoms with Crippen LogP contribution in [0.15, 0.2) is 54.6 Å². The summed E-state index contributed by atoms with van der Waals surface area (Å²) >= 11 is 0. The van der Waals surface area contributed by atoms with Gasteiger partial charge in [0.05, 0.1) is 35.4 Å². The molecule has 1 aromatic heterocycles. The molecule has 3 aromatic carbocycles. The Hall–Kier alpha value is -3.71. The van der Waals surface area contributed by atoms with Crippen molar-refractivity contribution in [1.29, 1.82) is 0 Å². The Labute approximate surface area is 203 Å². The summed E-state index contributed by atoms with van der Waals surface area (Å²) < 4.78 is 29.7. The van der Waals surface area contributed by atoms with E-state index in [9.17, 15) is 4.79 Å². The van der Waals surface area contributed by atoms with Gasteiger partial charge in [-0.25, -0.2) is 9.37 Å². The summed E-state index contributed by atoms with van der Waals surface area (Å²) in [5, 5.41) is 2.67. The number of rotatable bonds is 6. The standard InChI is InChI=1S/C28H28FN3O3/c1-17-13-21(23(29)25(18(17)2)35-14-19-9-6-5-7-10-19)26-31-24-20(27(33)30-4)11-8-12-22(24)32(26)28(3)15-34-16-28/h5-13H,14-16H2,1-4H3,(H,30,33). The quantitative estimate of drug-likeness (QED) is 0.421. The predicted molar refractivity (Wildman–Crippen MR) is 133 cm³/mol. The number of nitrogens with one attached hydrogen (secondary N) is 1. The van der Waals surface area contributed by atoms with Crippen molar-refractivity contribution in [1.82, 2.24) is 14.9 Å². The van der Waals surface area contributed by atoms with Crippen LogP contribution in [0.5, 0.6) is 5.75 Å². The highest BCUT2D eigenvalue weighted by Crippen LogP contribution is 2.40. The molecule has 2 heterocycles. The van der Waals surface area contributed by atoms with Gasteiger partial charge < -0.3 is 19.4 Å². The van der Waals surface area contributed by atoms with E-state index in [1.165, 1.54) is 0 Å². The van der Waals surface area contributed by atoms with Crippen molar-refractivity contribution >= 4 is 16.9 Å². The molecule has 1 saturated heterocycles. The number of imidazole rings is 1. The van der Waals surface area contributed by atoms with E-state index in [2.05, 4.69) is 12.2 Å². The summed E-state index contributed by atoms with van der Waals surface area (Å²) in [5.41, 5.74) is 4.24. The predicted octanol–water partition coefficient (Wildman–Crippen LogP) is 5.14. The van der Waals surface area contributed by atoms with Crippen molar-refractivity contribution in [2.75, 3.05) is 20.3 Å². The van der Waals surface area contributed by atoms with Gasteiger partial charge in [0, 0.05) is 7.05 Å².